The molecule has 0 aliphatic carbocycles. The summed E-state index contributed by atoms with van der Waals surface area (Å²) in [6.07, 6.45) is 0.199. The molecule has 6 nitrogen and oxygen atoms in total. The van der Waals surface area contributed by atoms with Gasteiger partial charge in [-0.05, 0) is 18.2 Å². The van der Waals surface area contributed by atoms with Gasteiger partial charge in [-0.1, -0.05) is 35.0 Å². The van der Waals surface area contributed by atoms with Crippen molar-refractivity contribution < 1.29 is 9.90 Å². The summed E-state index contributed by atoms with van der Waals surface area (Å²) in [7, 11) is 0. The van der Waals surface area contributed by atoms with Crippen molar-refractivity contribution >= 4 is 46.6 Å². The van der Waals surface area contributed by atoms with Crippen LogP contribution in [-0.2, 0) is 4.79 Å². The normalized spacial score (nSPS) is 10.5. The lowest BCUT2D eigenvalue weighted by Crippen LogP contribution is -2.12. The number of hydrogen-bond acceptors (Lipinski definition) is 5. The molecule has 0 radical (unpaired) electrons. The summed E-state index contributed by atoms with van der Waals surface area (Å²) in [5.74, 6) is -0.181. The number of aromatic amines is 1. The monoisotopic (exact) mass is 359 g/mol. The van der Waals surface area contributed by atoms with Gasteiger partial charge in [0.2, 0.25) is 11.8 Å². The molecule has 0 unspecified atom stereocenters. The SMILES string of the molecule is O=C(CCSc1nc(O)cc(=O)[nH]1)Nc1ccc(Cl)c(Cl)c1. The summed E-state index contributed by atoms with van der Waals surface area (Å²) >= 11 is 12.8. The average Bonchev–Trinajstić information content (AvgIpc) is 2.42. The fourth-order valence-corrected chi connectivity index (χ4v) is 2.64. The number of aromatic nitrogens is 2. The predicted octanol–water partition coefficient (Wildman–Crippen LogP) is 2.90. The molecular weight excluding hydrogens is 349 g/mol. The number of hydrogen-bond donors (Lipinski definition) is 3. The highest BCUT2D eigenvalue weighted by Crippen LogP contribution is 2.25. The fourth-order valence-electron chi connectivity index (χ4n) is 1.53. The van der Waals surface area contributed by atoms with E-state index in [1.165, 1.54) is 0 Å². The summed E-state index contributed by atoms with van der Waals surface area (Å²) in [6, 6.07) is 5.77. The Hall–Kier alpha value is -1.70. The third-order valence-electron chi connectivity index (χ3n) is 2.48. The van der Waals surface area contributed by atoms with E-state index < -0.39 is 5.56 Å². The summed E-state index contributed by atoms with van der Waals surface area (Å²) < 4.78 is 0. The molecule has 116 valence electrons. The Morgan fingerprint density at radius 1 is 1.32 bits per heavy atom. The first-order chi connectivity index (χ1) is 10.4. The van der Waals surface area contributed by atoms with Crippen molar-refractivity contribution in [3.63, 3.8) is 0 Å². The highest BCUT2D eigenvalue weighted by molar-refractivity contribution is 7.99. The van der Waals surface area contributed by atoms with Crippen molar-refractivity contribution in [2.45, 2.75) is 11.6 Å². The van der Waals surface area contributed by atoms with E-state index in [4.69, 9.17) is 23.2 Å². The van der Waals surface area contributed by atoms with Gasteiger partial charge in [-0.3, -0.25) is 9.59 Å². The molecule has 1 aromatic carbocycles. The Morgan fingerprint density at radius 3 is 2.77 bits per heavy atom. The maximum Gasteiger partial charge on any atom is 0.255 e. The second-order valence-corrected chi connectivity index (χ2v) is 6.08. The number of rotatable bonds is 5. The molecule has 3 N–H and O–H groups in total. The topological polar surface area (TPSA) is 95.1 Å². The third-order valence-corrected chi connectivity index (χ3v) is 4.09. The minimum Gasteiger partial charge on any atom is -0.493 e. The zero-order valence-corrected chi connectivity index (χ0v) is 13.4. The van der Waals surface area contributed by atoms with Crippen molar-refractivity contribution in [1.29, 1.82) is 0 Å². The lowest BCUT2D eigenvalue weighted by atomic mass is 10.3. The first kappa shape index (κ1) is 16.7. The number of nitrogens with one attached hydrogen (secondary N) is 2. The number of halogens is 2. The number of carbonyl (C=O) groups is 1. The minimum absolute atomic E-state index is 0.199. The van der Waals surface area contributed by atoms with Gasteiger partial charge in [0.05, 0.1) is 16.1 Å². The van der Waals surface area contributed by atoms with Crippen molar-refractivity contribution in [2.75, 3.05) is 11.1 Å². The van der Waals surface area contributed by atoms with Crippen molar-refractivity contribution in [3.8, 4) is 5.88 Å². The standard InChI is InChI=1S/C13H11Cl2N3O3S/c14-8-2-1-7(5-9(8)15)16-10(19)3-4-22-13-17-11(20)6-12(21)18-13/h1-2,5-6H,3-4H2,(H,16,19)(H2,17,18,20,21). The molecule has 0 aliphatic rings. The second-order valence-electron chi connectivity index (χ2n) is 4.18. The number of amides is 1. The Balaban J connectivity index is 1.85. The van der Waals surface area contributed by atoms with E-state index in [1.54, 1.807) is 18.2 Å². The fraction of sp³-hybridized carbons (Fsp3) is 0.154. The quantitative estimate of drug-likeness (QED) is 0.563. The van der Waals surface area contributed by atoms with Crippen LogP contribution in [0, 0.1) is 0 Å². The van der Waals surface area contributed by atoms with Crippen molar-refractivity contribution in [3.05, 3.63) is 44.7 Å². The number of thioether (sulfide) groups is 1. The van der Waals surface area contributed by atoms with Gasteiger partial charge in [-0.2, -0.15) is 4.98 Å². The Labute approximate surface area is 139 Å². The van der Waals surface area contributed by atoms with Gasteiger partial charge in [-0.25, -0.2) is 0 Å². The lowest BCUT2D eigenvalue weighted by molar-refractivity contribution is -0.115. The smallest absolute Gasteiger partial charge is 0.255 e. The predicted molar refractivity (Wildman–Crippen MR) is 87.0 cm³/mol. The van der Waals surface area contributed by atoms with Crippen LogP contribution in [0.1, 0.15) is 6.42 Å². The van der Waals surface area contributed by atoms with Crippen LogP contribution in [0.5, 0.6) is 5.88 Å². The maximum atomic E-state index is 11.8. The van der Waals surface area contributed by atoms with Gasteiger partial charge in [0.1, 0.15) is 0 Å². The van der Waals surface area contributed by atoms with Crippen molar-refractivity contribution in [1.82, 2.24) is 9.97 Å². The van der Waals surface area contributed by atoms with E-state index in [0.717, 1.165) is 17.8 Å². The van der Waals surface area contributed by atoms with E-state index in [2.05, 4.69) is 15.3 Å². The van der Waals surface area contributed by atoms with Gasteiger partial charge in [0, 0.05) is 17.9 Å². The van der Waals surface area contributed by atoms with Gasteiger partial charge < -0.3 is 15.4 Å². The average molecular weight is 360 g/mol. The first-order valence-corrected chi connectivity index (χ1v) is 7.86. The van der Waals surface area contributed by atoms with E-state index in [1.807, 2.05) is 0 Å². The van der Waals surface area contributed by atoms with Crippen LogP contribution in [0.25, 0.3) is 0 Å². The van der Waals surface area contributed by atoms with Gasteiger partial charge in [0.25, 0.3) is 5.56 Å². The molecular formula is C13H11Cl2N3O3S. The molecule has 0 saturated carbocycles. The summed E-state index contributed by atoms with van der Waals surface area (Å²) in [5, 5.41) is 12.9. The third kappa shape index (κ3) is 4.94. The number of H-pyrrole nitrogens is 1. The Morgan fingerprint density at radius 2 is 2.09 bits per heavy atom. The van der Waals surface area contributed by atoms with Gasteiger partial charge in [-0.15, -0.1) is 0 Å². The van der Waals surface area contributed by atoms with Crippen LogP contribution in [0.4, 0.5) is 5.69 Å². The number of benzene rings is 1. The summed E-state index contributed by atoms with van der Waals surface area (Å²) in [4.78, 5) is 29.1. The molecule has 1 amide bonds. The number of anilines is 1. The summed E-state index contributed by atoms with van der Waals surface area (Å²) in [5.41, 5.74) is 0.101. The highest BCUT2D eigenvalue weighted by atomic mass is 35.5. The molecule has 2 rings (SSSR count). The molecule has 22 heavy (non-hydrogen) atoms. The molecule has 1 heterocycles. The molecule has 1 aromatic heterocycles. The molecule has 2 aromatic rings. The van der Waals surface area contributed by atoms with Crippen LogP contribution >= 0.6 is 35.0 Å². The lowest BCUT2D eigenvalue weighted by Gasteiger charge is -2.06. The molecule has 0 spiro atoms. The van der Waals surface area contributed by atoms with E-state index in [0.29, 0.717) is 21.5 Å². The summed E-state index contributed by atoms with van der Waals surface area (Å²) in [6.45, 7) is 0. The molecule has 0 atom stereocenters. The van der Waals surface area contributed by atoms with Gasteiger partial charge >= 0.3 is 0 Å². The van der Waals surface area contributed by atoms with E-state index >= 15 is 0 Å². The number of aromatic hydroxyl groups is 1. The maximum absolute atomic E-state index is 11.8. The first-order valence-electron chi connectivity index (χ1n) is 6.12. The Bertz CT molecular complexity index is 752. The zero-order chi connectivity index (χ0) is 16.1. The molecule has 9 heteroatoms. The molecule has 0 fully saturated rings. The Kier molecular flexibility index (Phi) is 5.70. The minimum atomic E-state index is -0.449. The van der Waals surface area contributed by atoms with E-state index in [9.17, 15) is 14.7 Å². The highest BCUT2D eigenvalue weighted by Gasteiger charge is 2.06. The van der Waals surface area contributed by atoms with Crippen LogP contribution < -0.4 is 10.9 Å². The van der Waals surface area contributed by atoms with Crippen LogP contribution in [-0.4, -0.2) is 26.7 Å². The van der Waals surface area contributed by atoms with Crippen LogP contribution in [0.3, 0.4) is 0 Å². The number of nitrogens with zero attached hydrogens (tertiary/aromatic N) is 1. The van der Waals surface area contributed by atoms with E-state index in [-0.39, 0.29) is 23.4 Å². The number of carbonyl (C=O) groups excluding carboxylic acids is 1. The second kappa shape index (κ2) is 7.53. The van der Waals surface area contributed by atoms with Crippen LogP contribution in [0.15, 0.2) is 34.2 Å². The van der Waals surface area contributed by atoms with Crippen LogP contribution in [0.2, 0.25) is 10.0 Å². The van der Waals surface area contributed by atoms with Gasteiger partial charge in [0.15, 0.2) is 5.16 Å². The van der Waals surface area contributed by atoms with Crippen molar-refractivity contribution in [2.24, 2.45) is 0 Å². The zero-order valence-electron chi connectivity index (χ0n) is 11.1. The largest absolute Gasteiger partial charge is 0.493 e. The molecule has 0 bridgehead atoms. The molecule has 0 saturated heterocycles. The molecule has 0 aliphatic heterocycles.